The third kappa shape index (κ3) is 29.9. The molecule has 1 N–H and O–H groups in total. The van der Waals surface area contributed by atoms with E-state index in [9.17, 15) is 64.5 Å². The number of aromatic carboxylic acids is 6. The molecule has 0 atom stereocenters. The number of aromatic hydroxyl groups is 1. The minimum absolute atomic E-state index is 0.0520. The number of para-hydroxylation sites is 1. The largest absolute Gasteiger partial charge is 0.545 e. The number of methoxy groups -OCH3 is 2. The first-order valence-electron chi connectivity index (χ1n) is 42.3. The fraction of sp³-hybridized carbons (Fsp3) is 0.168. The molecule has 1 fully saturated rings. The smallest absolute Gasteiger partial charge is 0.188 e. The van der Waals surface area contributed by atoms with E-state index in [4.69, 9.17) is 163 Å². The molecule has 15 rings (SSSR count). The standard InChI is InChI=1S/C21H16Cl2O3.C21H22Cl2O3.C21H16Cl2O3.C16H14Cl2O4.C14H11Cl2NO2.C14H10Cl2O3/c1-26-19-9-5-4-8-15(19)16-10-11-18(22)17(20(16)23)12-13-6-2-3-7-14(13)21(24)25;2*22-18-10-11-19(26-13-14-6-2-1-3-7-14)20(23)17(18)12-15-8-4-5-9-16(15)21(24)25;1-21-9-22-14-7-6-13(17)12(15(14)18)8-10-4-2-3-5-11(10)16(19)20;1-8-4-5-11(15)10(13(8)16)7-12-9(14(18)19)3-2-6-17-12;15-11-5-6-12(17)13(16)10(11)7-8-3-1-2-4-9(8)14(18)19/h2-11H,12H2,1H3,(H,24,25);4-5,8-11,14H,1-3,6-7,12-13H2,(H,24,25);1-11H,12-13H2,(H,24,25);2-7H,8-9H2,1H3,(H,19,20);2-6H,7H2,1H3,(H,18,19);1-6,17H,7H2,(H,18,19)/p-6. The third-order valence-corrected chi connectivity index (χ3v) is 26.6. The minimum atomic E-state index is -1.26. The number of aromatic nitrogens is 1. The van der Waals surface area contributed by atoms with Gasteiger partial charge in [-0.2, -0.15) is 0 Å². The lowest BCUT2D eigenvalue weighted by Gasteiger charge is -2.22. The van der Waals surface area contributed by atoms with Crippen LogP contribution in [0.2, 0.25) is 60.3 Å². The Morgan fingerprint density at radius 2 is 0.667 bits per heavy atom. The number of rotatable bonds is 29. The van der Waals surface area contributed by atoms with E-state index in [0.29, 0.717) is 171 Å². The summed E-state index contributed by atoms with van der Waals surface area (Å²) in [5, 5.41) is 81.8. The normalized spacial score (nSPS) is 11.4. The second-order valence-electron chi connectivity index (χ2n) is 30.8. The molecule has 714 valence electrons. The van der Waals surface area contributed by atoms with Crippen molar-refractivity contribution in [1.82, 2.24) is 4.98 Å². The Kier molecular flexibility index (Phi) is 41.9. The number of halogens is 12. The van der Waals surface area contributed by atoms with Crippen LogP contribution >= 0.6 is 139 Å². The van der Waals surface area contributed by atoms with Gasteiger partial charge in [0, 0.05) is 131 Å². The van der Waals surface area contributed by atoms with Gasteiger partial charge < -0.3 is 88.2 Å². The second-order valence-corrected chi connectivity index (χ2v) is 35.5. The number of nitrogens with zero attached hydrogens (tertiary/aromatic N) is 1. The Hall–Kier alpha value is -11.7. The number of carboxylic acid groups (broad SMARTS) is 6. The predicted octanol–water partition coefficient (Wildman–Crippen LogP) is 22.3. The van der Waals surface area contributed by atoms with Crippen LogP contribution in [0, 0.1) is 12.8 Å². The number of pyridine rings is 1. The van der Waals surface area contributed by atoms with Gasteiger partial charge in [-0.1, -0.05) is 340 Å². The molecule has 0 radical (unpaired) electrons. The zero-order valence-electron chi connectivity index (χ0n) is 73.8. The first-order valence-corrected chi connectivity index (χ1v) is 46.9. The van der Waals surface area contributed by atoms with E-state index in [1.807, 2.05) is 73.7 Å². The van der Waals surface area contributed by atoms with E-state index in [0.717, 1.165) is 22.3 Å². The number of hydrogen-bond acceptors (Lipinski definition) is 19. The van der Waals surface area contributed by atoms with E-state index in [-0.39, 0.29) is 83.0 Å². The van der Waals surface area contributed by atoms with Crippen molar-refractivity contribution in [3.8, 4) is 39.9 Å². The Balaban J connectivity index is 0.000000172. The molecule has 0 unspecified atom stereocenters. The van der Waals surface area contributed by atoms with Crippen LogP contribution in [0.5, 0.6) is 28.7 Å². The summed E-state index contributed by atoms with van der Waals surface area (Å²) in [4.78, 5) is 71.3. The highest BCUT2D eigenvalue weighted by Gasteiger charge is 2.24. The number of carboxylic acids is 6. The topological polar surface area (TPSA) is 320 Å². The Morgan fingerprint density at radius 1 is 0.326 bits per heavy atom. The first kappa shape index (κ1) is 108. The molecule has 31 heteroatoms. The number of phenolic OH excluding ortho intramolecular Hbond substituents is 1. The maximum absolute atomic E-state index is 11.4. The highest BCUT2D eigenvalue weighted by molar-refractivity contribution is 6.40. The van der Waals surface area contributed by atoms with E-state index in [2.05, 4.69) is 4.98 Å². The SMILES string of the molecule is COCOc1ccc(Cl)c(Cc2ccccc2C(=O)[O-])c1Cl.COc1ccccc1-c1ccc(Cl)c(Cc2ccccc2C(=O)[O-])c1Cl.Cc1ccc(Cl)c(Cc2ncccc2C(=O)[O-])c1Cl.O=C([O-])c1ccccc1Cc1c(Cl)ccc(O)c1Cl.O=C([O-])c1ccccc1Cc1c(Cl)ccc(OCC2CCCCC2)c1Cl.O=C([O-])c1ccccc1Cc1c(Cl)ccc(OCc2ccccc2)c1Cl. The molecule has 0 amide bonds. The molecule has 0 bridgehead atoms. The number of ether oxygens (including phenoxy) is 5. The van der Waals surface area contributed by atoms with Crippen LogP contribution < -0.4 is 49.6 Å². The summed E-state index contributed by atoms with van der Waals surface area (Å²) < 4.78 is 27.4. The molecule has 0 saturated heterocycles. The van der Waals surface area contributed by atoms with Gasteiger partial charge in [0.25, 0.3) is 0 Å². The summed E-state index contributed by atoms with van der Waals surface area (Å²) >= 11 is 75.5. The number of carbonyl (C=O) groups is 6. The van der Waals surface area contributed by atoms with Gasteiger partial charge >= 0.3 is 0 Å². The predicted molar refractivity (Wildman–Crippen MR) is 532 cm³/mol. The molecule has 1 aliphatic rings. The van der Waals surface area contributed by atoms with Crippen molar-refractivity contribution >= 4 is 175 Å². The summed E-state index contributed by atoms with van der Waals surface area (Å²) in [5.74, 6) is -4.74. The molecule has 1 aliphatic carbocycles. The Bertz CT molecular complexity index is 6560. The zero-order valence-corrected chi connectivity index (χ0v) is 82.8. The van der Waals surface area contributed by atoms with Crippen LogP contribution in [0.3, 0.4) is 0 Å². The summed E-state index contributed by atoms with van der Waals surface area (Å²) in [6.45, 7) is 2.93. The quantitative estimate of drug-likeness (QED) is 0.0426. The lowest BCUT2D eigenvalue weighted by atomic mass is 9.90. The van der Waals surface area contributed by atoms with Crippen LogP contribution in [0.4, 0.5) is 0 Å². The average molecular weight is 2100 g/mol. The van der Waals surface area contributed by atoms with Gasteiger partial charge in [-0.05, 0) is 177 Å². The lowest BCUT2D eigenvalue weighted by molar-refractivity contribution is -0.256. The highest BCUT2D eigenvalue weighted by atomic mass is 35.5. The third-order valence-electron chi connectivity index (χ3n) is 21.8. The highest BCUT2D eigenvalue weighted by Crippen LogP contribution is 2.44. The first-order chi connectivity index (χ1) is 66.2. The van der Waals surface area contributed by atoms with E-state index < -0.39 is 35.8 Å². The average Bonchev–Trinajstić information content (AvgIpc) is 0.789. The Morgan fingerprint density at radius 3 is 1.08 bits per heavy atom. The molecule has 0 aliphatic heterocycles. The number of phenols is 1. The molecular weight excluding hydrogens is 2010 g/mol. The van der Waals surface area contributed by atoms with Gasteiger partial charge in [0.15, 0.2) is 6.79 Å². The van der Waals surface area contributed by atoms with Crippen LogP contribution in [-0.2, 0) is 49.9 Å². The van der Waals surface area contributed by atoms with Gasteiger partial charge in [-0.25, -0.2) is 0 Å². The fourth-order valence-electron chi connectivity index (χ4n) is 14.7. The summed E-state index contributed by atoms with van der Waals surface area (Å²) in [5.41, 5.74) is 11.1. The molecule has 14 aromatic rings. The molecule has 138 heavy (non-hydrogen) atoms. The molecule has 1 saturated carbocycles. The van der Waals surface area contributed by atoms with Crippen LogP contribution in [0.15, 0.2) is 267 Å². The van der Waals surface area contributed by atoms with Gasteiger partial charge in [-0.15, -0.1) is 0 Å². The molecule has 0 spiro atoms. The van der Waals surface area contributed by atoms with Crippen LogP contribution in [0.25, 0.3) is 11.1 Å². The number of carbonyl (C=O) groups excluding carboxylic acids is 6. The molecule has 1 aromatic heterocycles. The van der Waals surface area contributed by atoms with Gasteiger partial charge in [-0.3, -0.25) is 4.98 Å². The minimum Gasteiger partial charge on any atom is -0.545 e. The van der Waals surface area contributed by atoms with Crippen LogP contribution in [-0.4, -0.2) is 73.5 Å². The van der Waals surface area contributed by atoms with Crippen molar-refractivity contribution in [2.24, 2.45) is 5.92 Å². The van der Waals surface area contributed by atoms with E-state index >= 15 is 0 Å². The summed E-state index contributed by atoms with van der Waals surface area (Å²) in [6, 6.07) is 73.5. The molecular formula is C107H83Cl12NO18-6. The fourth-order valence-corrected chi connectivity index (χ4v) is 18.0. The molecule has 13 aromatic carbocycles. The number of benzene rings is 13. The Labute approximate surface area is 857 Å². The van der Waals surface area contributed by atoms with Crippen molar-refractivity contribution < 1.29 is 88.2 Å². The summed E-state index contributed by atoms with van der Waals surface area (Å²) in [6.07, 6.45) is 9.30. The van der Waals surface area contributed by atoms with Gasteiger partial charge in [0.05, 0.1) is 80.3 Å². The molecule has 1 heterocycles. The molecule has 19 nitrogen and oxygen atoms in total. The van der Waals surface area contributed by atoms with E-state index in [1.165, 1.54) is 93.9 Å². The zero-order chi connectivity index (χ0) is 99.8. The maximum atomic E-state index is 11.4. The van der Waals surface area contributed by atoms with Crippen molar-refractivity contribution in [3.05, 3.63) is 439 Å². The van der Waals surface area contributed by atoms with Crippen molar-refractivity contribution in [3.63, 3.8) is 0 Å². The van der Waals surface area contributed by atoms with Crippen molar-refractivity contribution in [2.75, 3.05) is 27.6 Å². The van der Waals surface area contributed by atoms with Gasteiger partial charge in [0.2, 0.25) is 0 Å². The summed E-state index contributed by atoms with van der Waals surface area (Å²) in [7, 11) is 3.10. The number of aryl methyl sites for hydroxylation is 1. The van der Waals surface area contributed by atoms with Crippen molar-refractivity contribution in [2.45, 2.75) is 84.2 Å². The van der Waals surface area contributed by atoms with Crippen molar-refractivity contribution in [1.29, 1.82) is 0 Å². The number of hydrogen-bond donors (Lipinski definition) is 1. The second kappa shape index (κ2) is 53.4. The van der Waals surface area contributed by atoms with E-state index in [1.54, 1.807) is 153 Å². The lowest BCUT2D eigenvalue weighted by Crippen LogP contribution is -2.24. The van der Waals surface area contributed by atoms with Crippen LogP contribution in [0.1, 0.15) is 172 Å². The monoisotopic (exact) mass is 2090 g/mol. The van der Waals surface area contributed by atoms with Gasteiger partial charge in [0.1, 0.15) is 35.4 Å². The maximum Gasteiger partial charge on any atom is 0.188 e.